The van der Waals surface area contributed by atoms with Gasteiger partial charge < -0.3 is 15.0 Å². The first kappa shape index (κ1) is 13.8. The maximum Gasteiger partial charge on any atom is 0.0701 e. The van der Waals surface area contributed by atoms with Crippen molar-refractivity contribution in [3.8, 4) is 0 Å². The largest absolute Gasteiger partial charge is 0.377 e. The maximum absolute atomic E-state index is 5.83. The lowest BCUT2D eigenvalue weighted by molar-refractivity contribution is -0.00233. The molecule has 1 N–H and O–H groups in total. The van der Waals surface area contributed by atoms with Gasteiger partial charge in [0.2, 0.25) is 0 Å². The lowest BCUT2D eigenvalue weighted by Gasteiger charge is -2.31. The smallest absolute Gasteiger partial charge is 0.0701 e. The van der Waals surface area contributed by atoms with E-state index in [-0.39, 0.29) is 0 Å². The Morgan fingerprint density at radius 3 is 2.58 bits per heavy atom. The second-order valence-electron chi connectivity index (χ2n) is 7.01. The van der Waals surface area contributed by atoms with Crippen LogP contribution < -0.4 is 5.32 Å². The molecule has 3 rings (SSSR count). The number of likely N-dealkylation sites (N-methyl/N-ethyl adjacent to an activating group) is 1. The van der Waals surface area contributed by atoms with Gasteiger partial charge >= 0.3 is 0 Å². The summed E-state index contributed by atoms with van der Waals surface area (Å²) in [4.78, 5) is 2.50. The zero-order valence-corrected chi connectivity index (χ0v) is 12.4. The Morgan fingerprint density at radius 2 is 1.89 bits per heavy atom. The van der Waals surface area contributed by atoms with E-state index in [4.69, 9.17) is 4.74 Å². The third-order valence-electron chi connectivity index (χ3n) is 5.28. The molecule has 110 valence electrons. The van der Waals surface area contributed by atoms with Crippen LogP contribution >= 0.6 is 0 Å². The normalized spacial score (nSPS) is 38.8. The first-order chi connectivity index (χ1) is 9.29. The number of ether oxygens (including phenoxy) is 1. The Labute approximate surface area is 118 Å². The highest BCUT2D eigenvalue weighted by Gasteiger charge is 2.33. The lowest BCUT2D eigenvalue weighted by atomic mass is 9.89. The molecule has 3 unspecified atom stereocenters. The summed E-state index contributed by atoms with van der Waals surface area (Å²) in [6, 6.07) is 1.69. The van der Waals surface area contributed by atoms with Gasteiger partial charge in [0.05, 0.1) is 6.10 Å². The molecule has 0 aromatic heterocycles. The molecular weight excluding hydrogens is 236 g/mol. The van der Waals surface area contributed by atoms with Crippen LogP contribution in [-0.2, 0) is 4.74 Å². The average Bonchev–Trinajstić information content (AvgIpc) is 2.77. The quantitative estimate of drug-likeness (QED) is 0.827. The van der Waals surface area contributed by atoms with E-state index in [9.17, 15) is 0 Å². The summed E-state index contributed by atoms with van der Waals surface area (Å²) >= 11 is 0. The number of hydrogen-bond donors (Lipinski definition) is 1. The van der Waals surface area contributed by atoms with Crippen molar-refractivity contribution < 1.29 is 4.74 Å². The lowest BCUT2D eigenvalue weighted by Crippen LogP contribution is -2.39. The number of rotatable bonds is 5. The molecule has 3 aliphatic heterocycles. The minimum Gasteiger partial charge on any atom is -0.377 e. The van der Waals surface area contributed by atoms with Crippen molar-refractivity contribution in [1.29, 1.82) is 0 Å². The first-order valence-corrected chi connectivity index (χ1v) is 8.36. The van der Waals surface area contributed by atoms with Crippen molar-refractivity contribution in [3.05, 3.63) is 0 Å². The minimum atomic E-state index is 0.503. The fourth-order valence-electron chi connectivity index (χ4n) is 4.20. The van der Waals surface area contributed by atoms with Gasteiger partial charge in [-0.15, -0.1) is 0 Å². The standard InChI is InChI=1S/C16H30N2O/c1-18(12-16-4-2-3-9-19-16)8-7-13-10-14-5-6-15(11-13)17-14/h13-17H,2-12H2,1H3. The fourth-order valence-corrected chi connectivity index (χ4v) is 4.20. The predicted molar refractivity (Wildman–Crippen MR) is 78.4 cm³/mol. The second-order valence-corrected chi connectivity index (χ2v) is 7.01. The van der Waals surface area contributed by atoms with Crippen molar-refractivity contribution in [2.45, 2.75) is 69.6 Å². The van der Waals surface area contributed by atoms with E-state index in [1.54, 1.807) is 0 Å². The summed E-state index contributed by atoms with van der Waals surface area (Å²) in [5, 5.41) is 3.74. The molecule has 3 saturated heterocycles. The van der Waals surface area contributed by atoms with Crippen LogP contribution in [0.3, 0.4) is 0 Å². The van der Waals surface area contributed by atoms with Gasteiger partial charge in [0, 0.05) is 25.2 Å². The molecule has 3 nitrogen and oxygen atoms in total. The third-order valence-corrected chi connectivity index (χ3v) is 5.28. The van der Waals surface area contributed by atoms with Gasteiger partial charge in [-0.3, -0.25) is 0 Å². The summed E-state index contributed by atoms with van der Waals surface area (Å²) in [5.41, 5.74) is 0. The topological polar surface area (TPSA) is 24.5 Å². The molecule has 0 spiro atoms. The number of nitrogens with zero attached hydrogens (tertiary/aromatic N) is 1. The van der Waals surface area contributed by atoms with Crippen LogP contribution in [0.15, 0.2) is 0 Å². The highest BCUT2D eigenvalue weighted by Crippen LogP contribution is 2.32. The molecule has 0 saturated carbocycles. The Bertz CT molecular complexity index is 266. The molecule has 3 heterocycles. The molecule has 3 heteroatoms. The Hall–Kier alpha value is -0.120. The molecule has 0 radical (unpaired) electrons. The molecule has 0 aliphatic carbocycles. The minimum absolute atomic E-state index is 0.503. The van der Waals surface area contributed by atoms with Crippen molar-refractivity contribution >= 4 is 0 Å². The molecule has 0 aromatic rings. The number of piperidine rings is 1. The van der Waals surface area contributed by atoms with Gasteiger partial charge in [-0.2, -0.15) is 0 Å². The Morgan fingerprint density at radius 1 is 1.11 bits per heavy atom. The van der Waals surface area contributed by atoms with E-state index >= 15 is 0 Å². The first-order valence-electron chi connectivity index (χ1n) is 8.36. The van der Waals surface area contributed by atoms with Gasteiger partial charge in [-0.1, -0.05) is 0 Å². The van der Waals surface area contributed by atoms with Gasteiger partial charge in [0.15, 0.2) is 0 Å². The fraction of sp³-hybridized carbons (Fsp3) is 1.00. The van der Waals surface area contributed by atoms with E-state index in [0.29, 0.717) is 6.10 Å². The summed E-state index contributed by atoms with van der Waals surface area (Å²) in [5.74, 6) is 0.966. The van der Waals surface area contributed by atoms with Gasteiger partial charge in [-0.25, -0.2) is 0 Å². The zero-order chi connectivity index (χ0) is 13.1. The Kier molecular flexibility index (Phi) is 4.78. The number of hydrogen-bond acceptors (Lipinski definition) is 3. The SMILES string of the molecule is CN(CCC1CC2CCC(C1)N2)CC1CCCCO1. The van der Waals surface area contributed by atoms with Crippen LogP contribution in [0.5, 0.6) is 0 Å². The predicted octanol–water partition coefficient (Wildman–Crippen LogP) is 2.41. The van der Waals surface area contributed by atoms with E-state index in [1.807, 2.05) is 0 Å². The Balaban J connectivity index is 1.34. The van der Waals surface area contributed by atoms with Crippen molar-refractivity contribution in [2.24, 2.45) is 5.92 Å². The van der Waals surface area contributed by atoms with Gasteiger partial charge in [0.1, 0.15) is 0 Å². The summed E-state index contributed by atoms with van der Waals surface area (Å²) in [6.45, 7) is 3.37. The van der Waals surface area contributed by atoms with Crippen LogP contribution in [0, 0.1) is 5.92 Å². The van der Waals surface area contributed by atoms with Crippen LogP contribution in [0.25, 0.3) is 0 Å². The highest BCUT2D eigenvalue weighted by molar-refractivity contribution is 4.92. The molecule has 3 atom stereocenters. The molecule has 19 heavy (non-hydrogen) atoms. The van der Waals surface area contributed by atoms with Crippen molar-refractivity contribution in [2.75, 3.05) is 26.7 Å². The molecule has 0 amide bonds. The summed E-state index contributed by atoms with van der Waals surface area (Å²) < 4.78 is 5.83. The molecule has 3 aliphatic rings. The van der Waals surface area contributed by atoms with Crippen LogP contribution in [-0.4, -0.2) is 49.8 Å². The third kappa shape index (κ3) is 3.93. The van der Waals surface area contributed by atoms with Crippen molar-refractivity contribution in [1.82, 2.24) is 10.2 Å². The van der Waals surface area contributed by atoms with Crippen LogP contribution in [0.1, 0.15) is 51.4 Å². The molecule has 3 fully saturated rings. The van der Waals surface area contributed by atoms with E-state index in [0.717, 1.165) is 31.2 Å². The average molecular weight is 266 g/mol. The number of fused-ring (bicyclic) bond motifs is 2. The highest BCUT2D eigenvalue weighted by atomic mass is 16.5. The van der Waals surface area contributed by atoms with E-state index in [2.05, 4.69) is 17.3 Å². The van der Waals surface area contributed by atoms with E-state index in [1.165, 1.54) is 57.9 Å². The molecule has 0 aromatic carbocycles. The summed E-state index contributed by atoms with van der Waals surface area (Å²) in [7, 11) is 2.27. The van der Waals surface area contributed by atoms with Gasteiger partial charge in [-0.05, 0) is 70.9 Å². The van der Waals surface area contributed by atoms with Crippen LogP contribution in [0.2, 0.25) is 0 Å². The second kappa shape index (κ2) is 6.55. The van der Waals surface area contributed by atoms with Crippen molar-refractivity contribution in [3.63, 3.8) is 0 Å². The molecular formula is C16H30N2O. The number of nitrogens with one attached hydrogen (secondary N) is 1. The monoisotopic (exact) mass is 266 g/mol. The molecule has 2 bridgehead atoms. The maximum atomic E-state index is 5.83. The van der Waals surface area contributed by atoms with Crippen LogP contribution in [0.4, 0.5) is 0 Å². The van der Waals surface area contributed by atoms with E-state index < -0.39 is 0 Å². The summed E-state index contributed by atoms with van der Waals surface area (Å²) in [6.07, 6.45) is 11.5. The van der Waals surface area contributed by atoms with Gasteiger partial charge in [0.25, 0.3) is 0 Å². The zero-order valence-electron chi connectivity index (χ0n) is 12.4.